The monoisotopic (exact) mass is 364 g/mol. The molecule has 0 aliphatic heterocycles. The zero-order valence-corrected chi connectivity index (χ0v) is 15.1. The van der Waals surface area contributed by atoms with Crippen molar-refractivity contribution in [3.8, 4) is 5.75 Å². The van der Waals surface area contributed by atoms with Gasteiger partial charge in [-0.2, -0.15) is 0 Å². The lowest BCUT2D eigenvalue weighted by atomic mass is 10.1. The Kier molecular flexibility index (Phi) is 7.07. The maximum Gasteiger partial charge on any atom is 0.221 e. The van der Waals surface area contributed by atoms with Crippen LogP contribution in [0.3, 0.4) is 0 Å². The molecule has 2 aromatic rings. The molecule has 6 heteroatoms. The first-order valence-electron chi connectivity index (χ1n) is 8.09. The molecule has 0 aliphatic carbocycles. The van der Waals surface area contributed by atoms with Gasteiger partial charge in [-0.05, 0) is 36.6 Å². The molecule has 0 atom stereocenters. The van der Waals surface area contributed by atoms with E-state index in [0.29, 0.717) is 42.3 Å². The van der Waals surface area contributed by atoms with E-state index in [-0.39, 0.29) is 11.7 Å². The summed E-state index contributed by atoms with van der Waals surface area (Å²) in [4.78, 5) is 11.9. The number of nitrogens with one attached hydrogen (secondary N) is 2. The Morgan fingerprint density at radius 3 is 2.72 bits per heavy atom. The standard InChI is InChI=1S/C19H22ClFN2O2/c1-13-11-17(18(25-2)12-15(13)20)22-10-8-19(24)23-9-7-14-5-3-4-6-16(14)21/h3-6,11-12,22H,7-10H2,1-2H3,(H,23,24). The van der Waals surface area contributed by atoms with Crippen molar-refractivity contribution < 1.29 is 13.9 Å². The maximum atomic E-state index is 13.5. The summed E-state index contributed by atoms with van der Waals surface area (Å²) in [6.07, 6.45) is 0.776. The molecule has 0 aromatic heterocycles. The van der Waals surface area contributed by atoms with Crippen molar-refractivity contribution in [1.82, 2.24) is 5.32 Å². The molecule has 1 amide bonds. The van der Waals surface area contributed by atoms with Gasteiger partial charge in [0.05, 0.1) is 12.8 Å². The first kappa shape index (κ1) is 19.1. The van der Waals surface area contributed by atoms with Gasteiger partial charge in [-0.3, -0.25) is 4.79 Å². The molecule has 2 rings (SSSR count). The first-order valence-corrected chi connectivity index (χ1v) is 8.47. The molecule has 0 unspecified atom stereocenters. The number of ether oxygens (including phenoxy) is 1. The van der Waals surface area contributed by atoms with E-state index >= 15 is 0 Å². The predicted molar refractivity (Wildman–Crippen MR) is 99.0 cm³/mol. The van der Waals surface area contributed by atoms with Crippen molar-refractivity contribution in [3.63, 3.8) is 0 Å². The largest absolute Gasteiger partial charge is 0.495 e. The minimum Gasteiger partial charge on any atom is -0.495 e. The summed E-state index contributed by atoms with van der Waals surface area (Å²) in [5, 5.41) is 6.60. The van der Waals surface area contributed by atoms with Gasteiger partial charge in [0.2, 0.25) is 5.91 Å². The number of anilines is 1. The normalized spacial score (nSPS) is 10.4. The quantitative estimate of drug-likeness (QED) is 0.745. The van der Waals surface area contributed by atoms with Crippen molar-refractivity contribution >= 4 is 23.2 Å². The number of halogens is 2. The number of hydrogen-bond acceptors (Lipinski definition) is 3. The third kappa shape index (κ3) is 5.64. The first-order chi connectivity index (χ1) is 12.0. The van der Waals surface area contributed by atoms with Gasteiger partial charge >= 0.3 is 0 Å². The number of benzene rings is 2. The Bertz CT molecular complexity index is 737. The van der Waals surface area contributed by atoms with Gasteiger partial charge < -0.3 is 15.4 Å². The Morgan fingerprint density at radius 2 is 2.00 bits per heavy atom. The SMILES string of the molecule is COc1cc(Cl)c(C)cc1NCCC(=O)NCCc1ccccc1F. The predicted octanol–water partition coefficient (Wildman–Crippen LogP) is 3.96. The van der Waals surface area contributed by atoms with Gasteiger partial charge in [-0.1, -0.05) is 29.8 Å². The summed E-state index contributed by atoms with van der Waals surface area (Å²) in [5.74, 6) is 0.299. The Labute approximate surface area is 152 Å². The maximum absolute atomic E-state index is 13.5. The summed E-state index contributed by atoms with van der Waals surface area (Å²) >= 11 is 6.07. The van der Waals surface area contributed by atoms with Crippen LogP contribution in [-0.4, -0.2) is 26.1 Å². The van der Waals surface area contributed by atoms with Crippen LogP contribution in [0, 0.1) is 12.7 Å². The zero-order valence-electron chi connectivity index (χ0n) is 14.4. The molecule has 0 aliphatic rings. The molecule has 2 aromatic carbocycles. The molecule has 0 spiro atoms. The molecule has 2 N–H and O–H groups in total. The highest BCUT2D eigenvalue weighted by molar-refractivity contribution is 6.31. The van der Waals surface area contributed by atoms with Gasteiger partial charge in [-0.25, -0.2) is 4.39 Å². The second kappa shape index (κ2) is 9.28. The highest BCUT2D eigenvalue weighted by Gasteiger charge is 2.08. The van der Waals surface area contributed by atoms with E-state index in [1.807, 2.05) is 13.0 Å². The lowest BCUT2D eigenvalue weighted by Gasteiger charge is -2.13. The molecule has 4 nitrogen and oxygen atoms in total. The summed E-state index contributed by atoms with van der Waals surface area (Å²) in [7, 11) is 1.57. The highest BCUT2D eigenvalue weighted by atomic mass is 35.5. The minimum atomic E-state index is -0.247. The fraction of sp³-hybridized carbons (Fsp3) is 0.316. The van der Waals surface area contributed by atoms with Crippen molar-refractivity contribution in [3.05, 3.63) is 58.4 Å². The van der Waals surface area contributed by atoms with Crippen LogP contribution in [0.1, 0.15) is 17.5 Å². The van der Waals surface area contributed by atoms with Crippen LogP contribution in [0.4, 0.5) is 10.1 Å². The van der Waals surface area contributed by atoms with E-state index in [1.54, 1.807) is 31.4 Å². The van der Waals surface area contributed by atoms with Crippen LogP contribution in [-0.2, 0) is 11.2 Å². The van der Waals surface area contributed by atoms with E-state index in [0.717, 1.165) is 11.3 Å². The minimum absolute atomic E-state index is 0.0894. The smallest absolute Gasteiger partial charge is 0.221 e. The van der Waals surface area contributed by atoms with Crippen molar-refractivity contribution in [2.75, 3.05) is 25.5 Å². The molecule has 0 fully saturated rings. The molecule has 0 saturated carbocycles. The van der Waals surface area contributed by atoms with Crippen molar-refractivity contribution in [1.29, 1.82) is 0 Å². The molecular formula is C19H22ClFN2O2. The zero-order chi connectivity index (χ0) is 18.2. The lowest BCUT2D eigenvalue weighted by molar-refractivity contribution is -0.120. The summed E-state index contributed by atoms with van der Waals surface area (Å²) in [5.41, 5.74) is 2.32. The van der Waals surface area contributed by atoms with Crippen LogP contribution in [0.15, 0.2) is 36.4 Å². The second-order valence-electron chi connectivity index (χ2n) is 5.67. The van der Waals surface area contributed by atoms with Crippen LogP contribution in [0.25, 0.3) is 0 Å². The van der Waals surface area contributed by atoms with Gasteiger partial charge in [0.15, 0.2) is 0 Å². The average molecular weight is 365 g/mol. The number of carbonyl (C=O) groups is 1. The number of methoxy groups -OCH3 is 1. The number of amides is 1. The number of carbonyl (C=O) groups excluding carboxylic acids is 1. The van der Waals surface area contributed by atoms with Gasteiger partial charge in [0, 0.05) is 30.6 Å². The molecule has 25 heavy (non-hydrogen) atoms. The van der Waals surface area contributed by atoms with Crippen molar-refractivity contribution in [2.24, 2.45) is 0 Å². The van der Waals surface area contributed by atoms with Gasteiger partial charge in [-0.15, -0.1) is 0 Å². The van der Waals surface area contributed by atoms with E-state index in [1.165, 1.54) is 6.07 Å². The van der Waals surface area contributed by atoms with Crippen molar-refractivity contribution in [2.45, 2.75) is 19.8 Å². The fourth-order valence-electron chi connectivity index (χ4n) is 2.41. The molecule has 0 saturated heterocycles. The lowest BCUT2D eigenvalue weighted by Crippen LogP contribution is -2.27. The third-order valence-electron chi connectivity index (χ3n) is 3.82. The van der Waals surface area contributed by atoms with E-state index in [9.17, 15) is 9.18 Å². The molecular weight excluding hydrogens is 343 g/mol. The summed E-state index contributed by atoms with van der Waals surface area (Å²) in [6, 6.07) is 10.2. The fourth-order valence-corrected chi connectivity index (χ4v) is 2.56. The average Bonchev–Trinajstić information content (AvgIpc) is 2.59. The highest BCUT2D eigenvalue weighted by Crippen LogP contribution is 2.30. The Hall–Kier alpha value is -2.27. The molecule has 0 heterocycles. The van der Waals surface area contributed by atoms with Crippen LogP contribution < -0.4 is 15.4 Å². The second-order valence-corrected chi connectivity index (χ2v) is 6.08. The van der Waals surface area contributed by atoms with E-state index < -0.39 is 0 Å². The third-order valence-corrected chi connectivity index (χ3v) is 4.23. The molecule has 0 bridgehead atoms. The van der Waals surface area contributed by atoms with Crippen LogP contribution >= 0.6 is 11.6 Å². The topological polar surface area (TPSA) is 50.4 Å². The Balaban J connectivity index is 1.75. The van der Waals surface area contributed by atoms with Gasteiger partial charge in [0.25, 0.3) is 0 Å². The van der Waals surface area contributed by atoms with E-state index in [2.05, 4.69) is 10.6 Å². The van der Waals surface area contributed by atoms with E-state index in [4.69, 9.17) is 16.3 Å². The van der Waals surface area contributed by atoms with Crippen LogP contribution in [0.2, 0.25) is 5.02 Å². The molecule has 0 radical (unpaired) electrons. The molecule has 134 valence electrons. The number of rotatable bonds is 8. The van der Waals surface area contributed by atoms with Gasteiger partial charge in [0.1, 0.15) is 11.6 Å². The number of aryl methyl sites for hydroxylation is 1. The number of hydrogen-bond donors (Lipinski definition) is 2. The summed E-state index contributed by atoms with van der Waals surface area (Å²) < 4.78 is 18.8. The van der Waals surface area contributed by atoms with Crippen LogP contribution in [0.5, 0.6) is 5.75 Å². The Morgan fingerprint density at radius 1 is 1.24 bits per heavy atom. The summed E-state index contributed by atoms with van der Waals surface area (Å²) in [6.45, 7) is 2.77.